The van der Waals surface area contributed by atoms with E-state index in [1.54, 1.807) is 20.8 Å². The van der Waals surface area contributed by atoms with Crippen LogP contribution < -0.4 is 5.32 Å². The smallest absolute Gasteiger partial charge is 0.410 e. The summed E-state index contributed by atoms with van der Waals surface area (Å²) in [6.07, 6.45) is -8.37. The van der Waals surface area contributed by atoms with Crippen molar-refractivity contribution in [3.8, 4) is 11.1 Å². The van der Waals surface area contributed by atoms with Crippen LogP contribution in [0.15, 0.2) is 48.5 Å². The molecular formula is C32H44N2O11. The van der Waals surface area contributed by atoms with Gasteiger partial charge >= 0.3 is 18.2 Å². The maximum absolute atomic E-state index is 12.8. The molecule has 0 saturated heterocycles. The van der Waals surface area contributed by atoms with Crippen LogP contribution in [0.25, 0.3) is 11.1 Å². The number of amides is 2. The van der Waals surface area contributed by atoms with Gasteiger partial charge in [-0.2, -0.15) is 0 Å². The zero-order chi connectivity index (χ0) is 33.3. The van der Waals surface area contributed by atoms with Crippen molar-refractivity contribution < 1.29 is 54.5 Å². The highest BCUT2D eigenvalue weighted by Gasteiger charge is 2.34. The predicted octanol–water partition coefficient (Wildman–Crippen LogP) is 1.82. The molecule has 2 aromatic rings. The van der Waals surface area contributed by atoms with Crippen molar-refractivity contribution in [1.29, 1.82) is 0 Å². The minimum Gasteiger partial charge on any atom is -0.480 e. The van der Waals surface area contributed by atoms with E-state index in [0.717, 1.165) is 27.2 Å². The highest BCUT2D eigenvalue weighted by atomic mass is 16.6. The van der Waals surface area contributed by atoms with Crippen LogP contribution in [-0.2, 0) is 14.3 Å². The number of carbonyl (C=O) groups is 3. The van der Waals surface area contributed by atoms with Gasteiger partial charge in [0, 0.05) is 12.5 Å². The van der Waals surface area contributed by atoms with Crippen LogP contribution in [0.1, 0.15) is 57.1 Å². The Morgan fingerprint density at radius 2 is 1.44 bits per heavy atom. The van der Waals surface area contributed by atoms with Gasteiger partial charge < -0.3 is 50.3 Å². The van der Waals surface area contributed by atoms with E-state index in [0.29, 0.717) is 0 Å². The molecule has 0 radical (unpaired) electrons. The Bertz CT molecular complexity index is 1250. The van der Waals surface area contributed by atoms with Gasteiger partial charge in [-0.05, 0) is 62.3 Å². The van der Waals surface area contributed by atoms with Crippen molar-refractivity contribution >= 4 is 18.2 Å². The molecule has 45 heavy (non-hydrogen) atoms. The van der Waals surface area contributed by atoms with E-state index < -0.39 is 67.4 Å². The van der Waals surface area contributed by atoms with Crippen LogP contribution in [0.2, 0.25) is 0 Å². The Kier molecular flexibility index (Phi) is 12.7. The molecule has 5 atom stereocenters. The molecule has 0 bridgehead atoms. The molecule has 2 aromatic carbocycles. The number of carboxylic acids is 1. The Morgan fingerprint density at radius 1 is 0.889 bits per heavy atom. The van der Waals surface area contributed by atoms with E-state index in [1.807, 2.05) is 48.5 Å². The first-order valence-electron chi connectivity index (χ1n) is 14.9. The van der Waals surface area contributed by atoms with Gasteiger partial charge in [0.2, 0.25) is 0 Å². The quantitative estimate of drug-likeness (QED) is 0.141. The fourth-order valence-electron chi connectivity index (χ4n) is 5.17. The number of nitrogens with one attached hydrogen (secondary N) is 1. The van der Waals surface area contributed by atoms with E-state index in [2.05, 4.69) is 5.32 Å². The zero-order valence-electron chi connectivity index (χ0n) is 25.7. The lowest BCUT2D eigenvalue weighted by molar-refractivity contribution is -0.139. The lowest BCUT2D eigenvalue weighted by Gasteiger charge is -2.32. The number of unbranched alkanes of at least 4 members (excludes halogenated alkanes) is 1. The number of carbonyl (C=O) groups excluding carboxylic acids is 2. The molecule has 248 valence electrons. The van der Waals surface area contributed by atoms with Gasteiger partial charge in [0.15, 0.2) is 0 Å². The van der Waals surface area contributed by atoms with Crippen LogP contribution in [0.5, 0.6) is 0 Å². The van der Waals surface area contributed by atoms with Gasteiger partial charge in [-0.25, -0.2) is 14.4 Å². The lowest BCUT2D eigenvalue weighted by atomic mass is 9.98. The van der Waals surface area contributed by atoms with Crippen LogP contribution in [0.3, 0.4) is 0 Å². The number of hydrogen-bond donors (Lipinski definition) is 7. The van der Waals surface area contributed by atoms with Gasteiger partial charge in [0.1, 0.15) is 42.7 Å². The molecule has 7 N–H and O–H groups in total. The predicted molar refractivity (Wildman–Crippen MR) is 162 cm³/mol. The molecule has 0 aromatic heterocycles. The third-order valence-corrected chi connectivity index (χ3v) is 7.49. The van der Waals surface area contributed by atoms with Crippen molar-refractivity contribution in [1.82, 2.24) is 10.2 Å². The molecule has 0 heterocycles. The van der Waals surface area contributed by atoms with E-state index in [1.165, 1.54) is 0 Å². The van der Waals surface area contributed by atoms with Gasteiger partial charge in [-0.1, -0.05) is 48.5 Å². The Morgan fingerprint density at radius 3 is 1.98 bits per heavy atom. The monoisotopic (exact) mass is 632 g/mol. The standard InChI is InChI=1S/C32H44N2O11/c1-32(2,3)45-31(43)34(16-25(36)27(38)28(39)26(37)17-35)15-9-8-14-24(29(40)41)33-30(42)44-18-23-21-12-6-4-10-19(21)20-11-5-7-13-22(20)23/h4-7,10-13,23-28,35-39H,8-9,14-18H2,1-3H3,(H,33,42)(H,40,41)/t24-,25-,26+,27-,28-/m0/s1. The molecule has 2 amide bonds. The summed E-state index contributed by atoms with van der Waals surface area (Å²) < 4.78 is 10.8. The number of nitrogens with zero attached hydrogens (tertiary/aromatic N) is 1. The summed E-state index contributed by atoms with van der Waals surface area (Å²) in [6, 6.07) is 14.4. The number of rotatable bonds is 15. The fraction of sp³-hybridized carbons (Fsp3) is 0.531. The van der Waals surface area contributed by atoms with E-state index in [9.17, 15) is 39.9 Å². The molecule has 13 heteroatoms. The summed E-state index contributed by atoms with van der Waals surface area (Å²) in [7, 11) is 0. The SMILES string of the molecule is CC(C)(C)OC(=O)N(CCCC[C@H](NC(=O)OCC1c2ccccc2-c2ccccc21)C(=O)O)C[C@H](O)[C@H](O)[C@@H](O)[C@H](O)CO. The van der Waals surface area contributed by atoms with Gasteiger partial charge in [0.25, 0.3) is 0 Å². The zero-order valence-corrected chi connectivity index (χ0v) is 25.7. The second-order valence-corrected chi connectivity index (χ2v) is 12.1. The van der Waals surface area contributed by atoms with Crippen LogP contribution in [0.4, 0.5) is 9.59 Å². The van der Waals surface area contributed by atoms with E-state index in [4.69, 9.17) is 14.6 Å². The number of carboxylic acid groups (broad SMARTS) is 1. The van der Waals surface area contributed by atoms with Crippen molar-refractivity contribution in [2.24, 2.45) is 0 Å². The van der Waals surface area contributed by atoms with Crippen molar-refractivity contribution in [2.45, 2.75) is 82.0 Å². The third kappa shape index (κ3) is 9.87. The number of aliphatic hydroxyl groups is 5. The molecular weight excluding hydrogens is 588 g/mol. The first kappa shape index (κ1) is 35.7. The second kappa shape index (κ2) is 16.0. The normalized spacial score (nSPS) is 16.0. The summed E-state index contributed by atoms with van der Waals surface area (Å²) in [5.74, 6) is -1.45. The van der Waals surface area contributed by atoms with Crippen molar-refractivity contribution in [2.75, 3.05) is 26.3 Å². The van der Waals surface area contributed by atoms with Crippen molar-refractivity contribution in [3.63, 3.8) is 0 Å². The average Bonchev–Trinajstić information content (AvgIpc) is 3.32. The molecule has 1 aliphatic carbocycles. The molecule has 0 spiro atoms. The topological polar surface area (TPSA) is 206 Å². The summed E-state index contributed by atoms with van der Waals surface area (Å²) in [4.78, 5) is 38.4. The summed E-state index contributed by atoms with van der Waals surface area (Å²) in [6.45, 7) is 3.59. The van der Waals surface area contributed by atoms with Crippen LogP contribution in [0, 0.1) is 0 Å². The average molecular weight is 633 g/mol. The number of hydrogen-bond acceptors (Lipinski definition) is 10. The first-order valence-corrected chi connectivity index (χ1v) is 14.9. The van der Waals surface area contributed by atoms with E-state index in [-0.39, 0.29) is 38.3 Å². The molecule has 1 aliphatic rings. The Balaban J connectivity index is 1.54. The molecule has 0 unspecified atom stereocenters. The molecule has 0 aliphatic heterocycles. The summed E-state index contributed by atoms with van der Waals surface area (Å²) in [5.41, 5.74) is 3.28. The summed E-state index contributed by atoms with van der Waals surface area (Å²) in [5, 5.41) is 61.2. The largest absolute Gasteiger partial charge is 0.480 e. The van der Waals surface area contributed by atoms with Crippen LogP contribution in [-0.4, -0.2) is 116 Å². The molecule has 3 rings (SSSR count). The highest BCUT2D eigenvalue weighted by molar-refractivity contribution is 5.81. The Labute approximate surface area is 262 Å². The summed E-state index contributed by atoms with van der Waals surface area (Å²) >= 11 is 0. The number of alkyl carbamates (subject to hydrolysis) is 1. The van der Waals surface area contributed by atoms with Crippen molar-refractivity contribution in [3.05, 3.63) is 59.7 Å². The number of aliphatic hydroxyl groups excluding tert-OH is 5. The minimum atomic E-state index is -1.88. The molecule has 13 nitrogen and oxygen atoms in total. The van der Waals surface area contributed by atoms with E-state index >= 15 is 0 Å². The second-order valence-electron chi connectivity index (χ2n) is 12.1. The molecule has 0 fully saturated rings. The van der Waals surface area contributed by atoms with Gasteiger partial charge in [-0.15, -0.1) is 0 Å². The fourth-order valence-corrected chi connectivity index (χ4v) is 5.17. The Hall–Kier alpha value is -3.75. The third-order valence-electron chi connectivity index (χ3n) is 7.49. The maximum atomic E-state index is 12.8. The number of fused-ring (bicyclic) bond motifs is 3. The highest BCUT2D eigenvalue weighted by Crippen LogP contribution is 2.44. The first-order chi connectivity index (χ1) is 21.2. The molecule has 0 saturated carbocycles. The number of benzene rings is 2. The number of aliphatic carboxylic acids is 1. The van der Waals surface area contributed by atoms with Crippen LogP contribution >= 0.6 is 0 Å². The van der Waals surface area contributed by atoms with Gasteiger partial charge in [-0.3, -0.25) is 0 Å². The lowest BCUT2D eigenvalue weighted by Crippen LogP contribution is -2.51. The maximum Gasteiger partial charge on any atom is 0.410 e. The minimum absolute atomic E-state index is 0.00821. The van der Waals surface area contributed by atoms with Gasteiger partial charge in [0.05, 0.1) is 13.2 Å². The number of ether oxygens (including phenoxy) is 2.